The average molecular weight is 324 g/mol. The van der Waals surface area contributed by atoms with Crippen LogP contribution in [-0.2, 0) is 0 Å². The van der Waals surface area contributed by atoms with Crippen molar-refractivity contribution in [2.45, 2.75) is 13.8 Å². The van der Waals surface area contributed by atoms with Gasteiger partial charge in [-0.2, -0.15) is 5.10 Å². The molecular weight excluding hydrogens is 310 g/mol. The van der Waals surface area contributed by atoms with Crippen LogP contribution in [0.25, 0.3) is 5.69 Å². The van der Waals surface area contributed by atoms with E-state index in [1.165, 1.54) is 5.56 Å². The third-order valence-electron chi connectivity index (χ3n) is 3.86. The second-order valence-electron chi connectivity index (χ2n) is 5.51. The van der Waals surface area contributed by atoms with Crippen LogP contribution >= 0.6 is 11.6 Å². The summed E-state index contributed by atoms with van der Waals surface area (Å²) in [7, 11) is 0. The number of fused-ring (bicyclic) bond motifs is 3. The maximum Gasteiger partial charge on any atom is 0.249 e. The minimum absolute atomic E-state index is 0.610. The summed E-state index contributed by atoms with van der Waals surface area (Å²) in [4.78, 5) is 0. The van der Waals surface area contributed by atoms with E-state index in [4.69, 9.17) is 11.6 Å². The maximum atomic E-state index is 6.00. The van der Waals surface area contributed by atoms with Crippen molar-refractivity contribution in [1.82, 2.24) is 14.8 Å². The minimum Gasteiger partial charge on any atom is -0.264 e. The van der Waals surface area contributed by atoms with E-state index in [1.54, 1.807) is 0 Å². The van der Waals surface area contributed by atoms with E-state index in [-0.39, 0.29) is 0 Å². The van der Waals surface area contributed by atoms with Crippen LogP contribution < -0.4 is 5.43 Å². The molecule has 2 aromatic carbocycles. The fourth-order valence-corrected chi connectivity index (χ4v) is 2.87. The molecule has 114 valence electrons. The fraction of sp³-hybridized carbons (Fsp3) is 0.118. The summed E-state index contributed by atoms with van der Waals surface area (Å²) in [6.45, 7) is 3.99. The number of aryl methyl sites for hydroxylation is 2. The number of aromatic nitrogens is 3. The highest BCUT2D eigenvalue weighted by atomic mass is 35.5. The second kappa shape index (κ2) is 5.21. The van der Waals surface area contributed by atoms with E-state index in [0.717, 1.165) is 28.4 Å². The van der Waals surface area contributed by atoms with Gasteiger partial charge in [-0.25, -0.2) is 5.43 Å². The summed E-state index contributed by atoms with van der Waals surface area (Å²) in [5.74, 6) is 1.42. The summed E-state index contributed by atoms with van der Waals surface area (Å²) < 4.78 is 1.98. The lowest BCUT2D eigenvalue weighted by Crippen LogP contribution is -2.08. The standard InChI is InChI=1S/C17H14ClN5/c1-10-3-8-14-15(9-10)23-11(2)19-21-17(23)22-20-16(14)12-4-6-13(18)7-5-12/h3-9H,1-2H3,(H,21,22). The lowest BCUT2D eigenvalue weighted by atomic mass is 9.99. The van der Waals surface area contributed by atoms with Crippen LogP contribution in [0.5, 0.6) is 0 Å². The van der Waals surface area contributed by atoms with E-state index in [0.29, 0.717) is 11.0 Å². The van der Waals surface area contributed by atoms with Crippen LogP contribution in [0, 0.1) is 13.8 Å². The Kier molecular flexibility index (Phi) is 3.16. The van der Waals surface area contributed by atoms with Crippen LogP contribution in [0.2, 0.25) is 5.02 Å². The molecule has 1 aliphatic rings. The number of hydrogen-bond acceptors (Lipinski definition) is 4. The predicted octanol–water partition coefficient (Wildman–Crippen LogP) is 3.72. The van der Waals surface area contributed by atoms with Crippen LogP contribution in [0.15, 0.2) is 47.6 Å². The summed E-state index contributed by atoms with van der Waals surface area (Å²) >= 11 is 6.00. The van der Waals surface area contributed by atoms with Crippen molar-refractivity contribution < 1.29 is 0 Å². The van der Waals surface area contributed by atoms with Gasteiger partial charge in [-0.1, -0.05) is 35.9 Å². The number of halogens is 1. The minimum atomic E-state index is 0.610. The van der Waals surface area contributed by atoms with Crippen LogP contribution in [0.4, 0.5) is 5.95 Å². The van der Waals surface area contributed by atoms with Crippen molar-refractivity contribution >= 4 is 23.3 Å². The predicted molar refractivity (Wildman–Crippen MR) is 91.5 cm³/mol. The molecule has 1 N–H and O–H groups in total. The van der Waals surface area contributed by atoms with Crippen molar-refractivity contribution in [1.29, 1.82) is 0 Å². The molecule has 23 heavy (non-hydrogen) atoms. The van der Waals surface area contributed by atoms with Gasteiger partial charge in [-0.05, 0) is 37.6 Å². The Labute approximate surface area is 138 Å². The van der Waals surface area contributed by atoms with Gasteiger partial charge in [0, 0.05) is 16.1 Å². The quantitative estimate of drug-likeness (QED) is 0.742. The topological polar surface area (TPSA) is 55.1 Å². The number of nitrogens with zero attached hydrogens (tertiary/aromatic N) is 4. The number of rotatable bonds is 1. The van der Waals surface area contributed by atoms with Crippen LogP contribution in [0.1, 0.15) is 22.5 Å². The van der Waals surface area contributed by atoms with Crippen molar-refractivity contribution in [2.24, 2.45) is 5.10 Å². The van der Waals surface area contributed by atoms with Gasteiger partial charge in [-0.3, -0.25) is 4.57 Å². The zero-order chi connectivity index (χ0) is 16.0. The number of benzene rings is 2. The average Bonchev–Trinajstić information content (AvgIpc) is 2.82. The van der Waals surface area contributed by atoms with Crippen molar-refractivity contribution in [3.8, 4) is 5.69 Å². The third-order valence-corrected chi connectivity index (χ3v) is 4.11. The number of hydrazone groups is 1. The van der Waals surface area contributed by atoms with E-state index < -0.39 is 0 Å². The maximum absolute atomic E-state index is 6.00. The molecule has 0 spiro atoms. The highest BCUT2D eigenvalue weighted by molar-refractivity contribution is 6.30. The first-order chi connectivity index (χ1) is 11.1. The molecule has 0 aliphatic carbocycles. The van der Waals surface area contributed by atoms with E-state index in [9.17, 15) is 0 Å². The molecule has 0 saturated heterocycles. The molecule has 6 heteroatoms. The van der Waals surface area contributed by atoms with E-state index >= 15 is 0 Å². The SMILES string of the molecule is Cc1ccc2c(c1)-n1c(C)nnc1NN=C2c1ccc(Cl)cc1. The molecule has 0 bridgehead atoms. The molecule has 2 heterocycles. The Balaban J connectivity index is 1.98. The lowest BCUT2D eigenvalue weighted by Gasteiger charge is -2.12. The lowest BCUT2D eigenvalue weighted by molar-refractivity contribution is 0.968. The van der Waals surface area contributed by atoms with Gasteiger partial charge < -0.3 is 0 Å². The Morgan fingerprint density at radius 1 is 1.00 bits per heavy atom. The van der Waals surface area contributed by atoms with Crippen molar-refractivity contribution in [2.75, 3.05) is 5.43 Å². The summed E-state index contributed by atoms with van der Waals surface area (Å²) in [5, 5.41) is 13.6. The molecule has 0 amide bonds. The first kappa shape index (κ1) is 14.0. The molecule has 0 unspecified atom stereocenters. The number of hydrogen-bond donors (Lipinski definition) is 1. The van der Waals surface area contributed by atoms with Gasteiger partial charge in [-0.15, -0.1) is 10.2 Å². The third kappa shape index (κ3) is 2.29. The summed E-state index contributed by atoms with van der Waals surface area (Å²) in [5.41, 5.74) is 8.06. The monoisotopic (exact) mass is 323 g/mol. The molecule has 0 saturated carbocycles. The Morgan fingerprint density at radius 2 is 1.78 bits per heavy atom. The summed E-state index contributed by atoms with van der Waals surface area (Å²) in [6.07, 6.45) is 0. The fourth-order valence-electron chi connectivity index (χ4n) is 2.74. The molecule has 0 fully saturated rings. The number of anilines is 1. The largest absolute Gasteiger partial charge is 0.264 e. The first-order valence-electron chi connectivity index (χ1n) is 7.26. The first-order valence-corrected chi connectivity index (χ1v) is 7.64. The molecule has 1 aromatic heterocycles. The van der Waals surface area contributed by atoms with Crippen molar-refractivity contribution in [3.05, 3.63) is 70.0 Å². The zero-order valence-corrected chi connectivity index (χ0v) is 13.5. The second-order valence-corrected chi connectivity index (χ2v) is 5.94. The summed E-state index contributed by atoms with van der Waals surface area (Å²) in [6, 6.07) is 13.9. The highest BCUT2D eigenvalue weighted by Gasteiger charge is 2.21. The molecular formula is C17H14ClN5. The van der Waals surface area contributed by atoms with Crippen LogP contribution in [-0.4, -0.2) is 20.5 Å². The van der Waals surface area contributed by atoms with Gasteiger partial charge in [0.05, 0.1) is 11.4 Å². The molecule has 0 atom stereocenters. The van der Waals surface area contributed by atoms with E-state index in [1.807, 2.05) is 35.8 Å². The van der Waals surface area contributed by atoms with Gasteiger partial charge in [0.15, 0.2) is 0 Å². The molecule has 4 rings (SSSR count). The van der Waals surface area contributed by atoms with Crippen LogP contribution in [0.3, 0.4) is 0 Å². The van der Waals surface area contributed by atoms with Gasteiger partial charge in [0.1, 0.15) is 5.82 Å². The Bertz CT molecular complexity index is 925. The Hall–Kier alpha value is -2.66. The van der Waals surface area contributed by atoms with E-state index in [2.05, 4.69) is 45.8 Å². The Morgan fingerprint density at radius 3 is 2.57 bits per heavy atom. The smallest absolute Gasteiger partial charge is 0.249 e. The van der Waals surface area contributed by atoms with Crippen molar-refractivity contribution in [3.63, 3.8) is 0 Å². The molecule has 5 nitrogen and oxygen atoms in total. The highest BCUT2D eigenvalue weighted by Crippen LogP contribution is 2.27. The zero-order valence-electron chi connectivity index (χ0n) is 12.7. The van der Waals surface area contributed by atoms with Gasteiger partial charge in [0.2, 0.25) is 5.95 Å². The van der Waals surface area contributed by atoms with Gasteiger partial charge in [0.25, 0.3) is 0 Å². The molecule has 3 aromatic rings. The normalized spacial score (nSPS) is 12.7. The molecule has 1 aliphatic heterocycles. The number of nitrogens with one attached hydrogen (secondary N) is 1. The molecule has 0 radical (unpaired) electrons. The van der Waals surface area contributed by atoms with Gasteiger partial charge >= 0.3 is 0 Å².